The zero-order valence-corrected chi connectivity index (χ0v) is 10.2. The van der Waals surface area contributed by atoms with E-state index in [0.29, 0.717) is 12.1 Å². The minimum atomic E-state index is -1.19. The first-order chi connectivity index (χ1) is 8.85. The Morgan fingerprint density at radius 3 is 2.68 bits per heavy atom. The second-order valence-corrected chi connectivity index (χ2v) is 4.13. The first kappa shape index (κ1) is 15.0. The number of hydrogen-bond donors (Lipinski definition) is 2. The van der Waals surface area contributed by atoms with E-state index in [1.807, 2.05) is 0 Å². The van der Waals surface area contributed by atoms with Crippen molar-refractivity contribution < 1.29 is 18.5 Å². The molecule has 0 saturated heterocycles. The van der Waals surface area contributed by atoms with Gasteiger partial charge in [0.05, 0.1) is 11.0 Å². The topological polar surface area (TPSA) is 98.3 Å². The van der Waals surface area contributed by atoms with Crippen LogP contribution in [-0.4, -0.2) is 17.4 Å². The Kier molecular flexibility index (Phi) is 4.87. The predicted octanol–water partition coefficient (Wildman–Crippen LogP) is 1.80. The Labute approximate surface area is 107 Å². The smallest absolute Gasteiger partial charge is 0.298 e. The van der Waals surface area contributed by atoms with Gasteiger partial charge in [0.1, 0.15) is 5.82 Å². The van der Waals surface area contributed by atoms with Crippen molar-refractivity contribution in [1.29, 1.82) is 0 Å². The molecule has 0 aliphatic heterocycles. The highest BCUT2D eigenvalue weighted by Gasteiger charge is 2.22. The summed E-state index contributed by atoms with van der Waals surface area (Å²) in [6.07, 6.45) is -0.00945. The van der Waals surface area contributed by atoms with E-state index < -0.39 is 33.8 Å². The van der Waals surface area contributed by atoms with Crippen LogP contribution >= 0.6 is 0 Å². The number of amides is 1. The van der Waals surface area contributed by atoms with Crippen LogP contribution in [0.4, 0.5) is 20.2 Å². The minimum Gasteiger partial charge on any atom is -0.330 e. The number of hydrogen-bond acceptors (Lipinski definition) is 4. The van der Waals surface area contributed by atoms with Gasteiger partial charge in [0.15, 0.2) is 11.5 Å². The lowest BCUT2D eigenvalue weighted by Crippen LogP contribution is -2.21. The first-order valence-corrected chi connectivity index (χ1v) is 5.48. The molecule has 0 aliphatic carbocycles. The quantitative estimate of drug-likeness (QED) is 0.631. The van der Waals surface area contributed by atoms with Gasteiger partial charge in [0, 0.05) is 12.5 Å². The maximum Gasteiger partial charge on any atom is 0.298 e. The van der Waals surface area contributed by atoms with Gasteiger partial charge >= 0.3 is 0 Å². The molecule has 6 nitrogen and oxygen atoms in total. The SMILES string of the molecule is CC(CN)CC(=O)Nc1c(F)cc(F)cc1[N+](=O)[O-]. The summed E-state index contributed by atoms with van der Waals surface area (Å²) >= 11 is 0. The second kappa shape index (κ2) is 6.19. The van der Waals surface area contributed by atoms with Crippen molar-refractivity contribution >= 4 is 17.3 Å². The van der Waals surface area contributed by atoms with Crippen LogP contribution in [0.3, 0.4) is 0 Å². The summed E-state index contributed by atoms with van der Waals surface area (Å²) in [7, 11) is 0. The van der Waals surface area contributed by atoms with Crippen molar-refractivity contribution in [1.82, 2.24) is 0 Å². The van der Waals surface area contributed by atoms with E-state index in [2.05, 4.69) is 5.32 Å². The predicted molar refractivity (Wildman–Crippen MR) is 64.5 cm³/mol. The normalized spacial score (nSPS) is 12.0. The lowest BCUT2D eigenvalue weighted by molar-refractivity contribution is -0.384. The van der Waals surface area contributed by atoms with E-state index in [4.69, 9.17) is 5.73 Å². The molecule has 1 atom stereocenters. The number of nitrogens with zero attached hydrogens (tertiary/aromatic N) is 1. The zero-order chi connectivity index (χ0) is 14.6. The van der Waals surface area contributed by atoms with Crippen molar-refractivity contribution in [3.63, 3.8) is 0 Å². The molecule has 0 saturated carbocycles. The van der Waals surface area contributed by atoms with E-state index in [9.17, 15) is 23.7 Å². The van der Waals surface area contributed by atoms with Crippen LogP contribution in [0.5, 0.6) is 0 Å². The average Bonchev–Trinajstić information content (AvgIpc) is 2.31. The molecule has 0 spiro atoms. The third kappa shape index (κ3) is 3.95. The third-order valence-electron chi connectivity index (χ3n) is 2.43. The summed E-state index contributed by atoms with van der Waals surface area (Å²) in [5, 5.41) is 12.8. The maximum atomic E-state index is 13.5. The van der Waals surface area contributed by atoms with Gasteiger partial charge in [0.25, 0.3) is 5.69 Å². The molecule has 8 heteroatoms. The van der Waals surface area contributed by atoms with E-state index in [0.717, 1.165) is 0 Å². The standard InChI is InChI=1S/C11H13F2N3O3/c1-6(5-14)2-10(17)15-11-8(13)3-7(12)4-9(11)16(18)19/h3-4,6H,2,5,14H2,1H3,(H,15,17). The Bertz CT molecular complexity index is 508. The van der Waals surface area contributed by atoms with Crippen LogP contribution in [-0.2, 0) is 4.79 Å². The van der Waals surface area contributed by atoms with Gasteiger partial charge in [-0.05, 0) is 12.5 Å². The summed E-state index contributed by atoms with van der Waals surface area (Å²) in [6, 6.07) is 1.01. The van der Waals surface area contributed by atoms with Gasteiger partial charge in [-0.3, -0.25) is 14.9 Å². The van der Waals surface area contributed by atoms with E-state index in [-0.39, 0.29) is 18.9 Å². The number of nitro benzene ring substituents is 1. The highest BCUT2D eigenvalue weighted by atomic mass is 19.1. The molecule has 104 valence electrons. The highest BCUT2D eigenvalue weighted by molar-refractivity contribution is 5.93. The lowest BCUT2D eigenvalue weighted by Gasteiger charge is -2.10. The van der Waals surface area contributed by atoms with Gasteiger partial charge in [-0.25, -0.2) is 8.78 Å². The number of nitrogens with two attached hydrogens (primary N) is 1. The van der Waals surface area contributed by atoms with E-state index in [1.54, 1.807) is 6.92 Å². The zero-order valence-electron chi connectivity index (χ0n) is 10.2. The summed E-state index contributed by atoms with van der Waals surface area (Å²) in [5.41, 5.74) is 3.86. The molecule has 0 aromatic heterocycles. The van der Waals surface area contributed by atoms with Crippen LogP contribution in [0.1, 0.15) is 13.3 Å². The summed E-state index contributed by atoms with van der Waals surface area (Å²) in [6.45, 7) is 1.95. The van der Waals surface area contributed by atoms with Gasteiger partial charge in [-0.15, -0.1) is 0 Å². The molecule has 0 bridgehead atoms. The molecule has 1 aromatic carbocycles. The van der Waals surface area contributed by atoms with Gasteiger partial charge in [-0.2, -0.15) is 0 Å². The molecule has 1 aromatic rings. The monoisotopic (exact) mass is 273 g/mol. The molecule has 0 heterocycles. The third-order valence-corrected chi connectivity index (χ3v) is 2.43. The fourth-order valence-electron chi connectivity index (χ4n) is 1.42. The van der Waals surface area contributed by atoms with Crippen LogP contribution in [0.15, 0.2) is 12.1 Å². The number of halogens is 2. The Morgan fingerprint density at radius 1 is 1.53 bits per heavy atom. The Morgan fingerprint density at radius 2 is 2.16 bits per heavy atom. The van der Waals surface area contributed by atoms with Gasteiger partial charge in [-0.1, -0.05) is 6.92 Å². The molecular formula is C11H13F2N3O3. The minimum absolute atomic E-state index is 0.00945. The molecule has 3 N–H and O–H groups in total. The van der Waals surface area contributed by atoms with Crippen LogP contribution in [0.2, 0.25) is 0 Å². The number of nitrogens with one attached hydrogen (secondary N) is 1. The molecule has 0 aliphatic rings. The number of carbonyl (C=O) groups is 1. The van der Waals surface area contributed by atoms with Gasteiger partial charge < -0.3 is 11.1 Å². The Balaban J connectivity index is 3.00. The highest BCUT2D eigenvalue weighted by Crippen LogP contribution is 2.28. The molecule has 0 radical (unpaired) electrons. The van der Waals surface area contributed by atoms with Crippen molar-refractivity contribution in [3.8, 4) is 0 Å². The fourth-order valence-corrected chi connectivity index (χ4v) is 1.42. The second-order valence-electron chi connectivity index (χ2n) is 4.13. The maximum absolute atomic E-state index is 13.5. The molecule has 0 fully saturated rings. The van der Waals surface area contributed by atoms with Crippen LogP contribution in [0, 0.1) is 27.7 Å². The fraction of sp³-hybridized carbons (Fsp3) is 0.364. The first-order valence-electron chi connectivity index (χ1n) is 5.48. The van der Waals surface area contributed by atoms with Crippen LogP contribution in [0.25, 0.3) is 0 Å². The van der Waals surface area contributed by atoms with E-state index in [1.165, 1.54) is 0 Å². The molecule has 1 amide bonds. The average molecular weight is 273 g/mol. The number of rotatable bonds is 5. The largest absolute Gasteiger partial charge is 0.330 e. The number of anilines is 1. The van der Waals surface area contributed by atoms with Crippen LogP contribution < -0.4 is 11.1 Å². The lowest BCUT2D eigenvalue weighted by atomic mass is 10.1. The van der Waals surface area contributed by atoms with Crippen molar-refractivity contribution in [3.05, 3.63) is 33.9 Å². The molecular weight excluding hydrogens is 260 g/mol. The summed E-state index contributed by atoms with van der Waals surface area (Å²) < 4.78 is 26.4. The summed E-state index contributed by atoms with van der Waals surface area (Å²) in [5.74, 6) is -3.05. The summed E-state index contributed by atoms with van der Waals surface area (Å²) in [4.78, 5) is 21.3. The molecule has 1 unspecified atom stereocenters. The van der Waals surface area contributed by atoms with Gasteiger partial charge in [0.2, 0.25) is 5.91 Å². The molecule has 19 heavy (non-hydrogen) atoms. The van der Waals surface area contributed by atoms with Crippen molar-refractivity contribution in [2.45, 2.75) is 13.3 Å². The van der Waals surface area contributed by atoms with Crippen molar-refractivity contribution in [2.75, 3.05) is 11.9 Å². The number of nitro groups is 1. The number of carbonyl (C=O) groups excluding carboxylic acids is 1. The number of benzene rings is 1. The Hall–Kier alpha value is -2.09. The molecule has 1 rings (SSSR count). The van der Waals surface area contributed by atoms with E-state index >= 15 is 0 Å². The van der Waals surface area contributed by atoms with Crippen molar-refractivity contribution in [2.24, 2.45) is 11.7 Å².